The Bertz CT molecular complexity index is 679. The molecule has 2 aromatic heterocycles. The quantitative estimate of drug-likeness (QED) is 0.636. The number of thioether (sulfide) groups is 1. The fraction of sp³-hybridized carbons (Fsp3) is 0.400. The monoisotopic (exact) mass is 316 g/mol. The third-order valence-corrected chi connectivity index (χ3v) is 4.85. The SMILES string of the molecule is CSc1nccc(N2CC3CC(C2)N3C(=O)c2ccco2)n1. The molecule has 0 aromatic carbocycles. The molecule has 2 atom stereocenters. The number of aromatic nitrogens is 2. The van der Waals surface area contributed by atoms with Gasteiger partial charge in [0.1, 0.15) is 5.82 Å². The van der Waals surface area contributed by atoms with Gasteiger partial charge in [0, 0.05) is 19.3 Å². The van der Waals surface area contributed by atoms with E-state index < -0.39 is 0 Å². The molecule has 0 saturated carbocycles. The lowest BCUT2D eigenvalue weighted by molar-refractivity contribution is 0.00313. The Hall–Kier alpha value is -2.02. The van der Waals surface area contributed by atoms with Gasteiger partial charge in [-0.3, -0.25) is 4.79 Å². The third kappa shape index (κ3) is 2.16. The highest BCUT2D eigenvalue weighted by molar-refractivity contribution is 7.98. The maximum Gasteiger partial charge on any atom is 0.290 e. The topological polar surface area (TPSA) is 62.5 Å². The molecule has 114 valence electrons. The van der Waals surface area contributed by atoms with Crippen LogP contribution < -0.4 is 4.90 Å². The lowest BCUT2D eigenvalue weighted by atomic mass is 9.87. The Morgan fingerprint density at radius 1 is 1.36 bits per heavy atom. The molecular weight excluding hydrogens is 300 g/mol. The van der Waals surface area contributed by atoms with Crippen LogP contribution in [0, 0.1) is 0 Å². The van der Waals surface area contributed by atoms with Crippen molar-refractivity contribution < 1.29 is 9.21 Å². The predicted molar refractivity (Wildman–Crippen MR) is 83.1 cm³/mol. The maximum atomic E-state index is 12.4. The summed E-state index contributed by atoms with van der Waals surface area (Å²) < 4.78 is 5.23. The van der Waals surface area contributed by atoms with Crippen LogP contribution in [0.25, 0.3) is 0 Å². The molecule has 5 rings (SSSR count). The smallest absolute Gasteiger partial charge is 0.290 e. The molecule has 2 unspecified atom stereocenters. The highest BCUT2D eigenvalue weighted by atomic mass is 32.2. The maximum absolute atomic E-state index is 12.4. The van der Waals surface area contributed by atoms with Crippen molar-refractivity contribution in [1.29, 1.82) is 0 Å². The molecular formula is C15H16N4O2S. The van der Waals surface area contributed by atoms with Crippen LogP contribution in [0.4, 0.5) is 5.82 Å². The summed E-state index contributed by atoms with van der Waals surface area (Å²) in [6, 6.07) is 5.89. The van der Waals surface area contributed by atoms with Gasteiger partial charge in [0.25, 0.3) is 5.91 Å². The molecule has 3 aliphatic heterocycles. The molecule has 3 aliphatic rings. The first-order chi connectivity index (χ1) is 10.8. The van der Waals surface area contributed by atoms with E-state index in [0.717, 1.165) is 30.5 Å². The molecule has 7 heteroatoms. The van der Waals surface area contributed by atoms with Crippen LogP contribution in [-0.2, 0) is 0 Å². The van der Waals surface area contributed by atoms with Crippen LogP contribution in [0.1, 0.15) is 17.0 Å². The number of hydrogen-bond donors (Lipinski definition) is 0. The Morgan fingerprint density at radius 2 is 2.18 bits per heavy atom. The van der Waals surface area contributed by atoms with Crippen molar-refractivity contribution in [3.63, 3.8) is 0 Å². The number of carbonyl (C=O) groups is 1. The van der Waals surface area contributed by atoms with Crippen LogP contribution in [0.3, 0.4) is 0 Å². The summed E-state index contributed by atoms with van der Waals surface area (Å²) in [5.74, 6) is 1.37. The Balaban J connectivity index is 1.49. The van der Waals surface area contributed by atoms with Gasteiger partial charge in [0.05, 0.1) is 18.3 Å². The summed E-state index contributed by atoms with van der Waals surface area (Å²) in [4.78, 5) is 25.4. The molecule has 3 fully saturated rings. The highest BCUT2D eigenvalue weighted by Crippen LogP contribution is 2.35. The van der Waals surface area contributed by atoms with Crippen molar-refractivity contribution in [1.82, 2.24) is 14.9 Å². The van der Waals surface area contributed by atoms with Crippen LogP contribution in [-0.4, -0.2) is 52.2 Å². The van der Waals surface area contributed by atoms with Gasteiger partial charge in [-0.25, -0.2) is 9.97 Å². The van der Waals surface area contributed by atoms with E-state index in [-0.39, 0.29) is 18.0 Å². The Morgan fingerprint density at radius 3 is 2.86 bits per heavy atom. The fourth-order valence-corrected chi connectivity index (χ4v) is 3.61. The molecule has 3 saturated heterocycles. The summed E-state index contributed by atoms with van der Waals surface area (Å²) in [5.41, 5.74) is 0. The van der Waals surface area contributed by atoms with Crippen LogP contribution in [0.5, 0.6) is 0 Å². The normalized spacial score (nSPS) is 23.3. The van der Waals surface area contributed by atoms with E-state index in [2.05, 4.69) is 14.9 Å². The molecule has 2 bridgehead atoms. The second kappa shape index (κ2) is 5.31. The molecule has 0 aliphatic carbocycles. The lowest BCUT2D eigenvalue weighted by Gasteiger charge is -2.56. The molecule has 22 heavy (non-hydrogen) atoms. The Kier molecular flexibility index (Phi) is 3.29. The lowest BCUT2D eigenvalue weighted by Crippen LogP contribution is -2.70. The third-order valence-electron chi connectivity index (χ3n) is 4.29. The standard InChI is InChI=1S/C15H16N4O2S/c1-22-15-16-5-4-13(17-15)18-8-10-7-11(9-18)19(10)14(20)12-3-2-6-21-12/h2-6,10-11H,7-9H2,1H3. The minimum atomic E-state index is -0.00149. The number of amides is 1. The van der Waals surface area contributed by atoms with E-state index >= 15 is 0 Å². The summed E-state index contributed by atoms with van der Waals surface area (Å²) in [6.07, 6.45) is 6.36. The molecule has 0 spiro atoms. The summed E-state index contributed by atoms with van der Waals surface area (Å²) in [5, 5.41) is 0.778. The van der Waals surface area contributed by atoms with Crippen molar-refractivity contribution in [3.05, 3.63) is 36.4 Å². The van der Waals surface area contributed by atoms with Crippen LogP contribution in [0.15, 0.2) is 40.2 Å². The number of anilines is 1. The van der Waals surface area contributed by atoms with Gasteiger partial charge in [0.15, 0.2) is 10.9 Å². The van der Waals surface area contributed by atoms with E-state index in [1.807, 2.05) is 17.2 Å². The van der Waals surface area contributed by atoms with Crippen LogP contribution in [0.2, 0.25) is 0 Å². The van der Waals surface area contributed by atoms with Gasteiger partial charge in [-0.1, -0.05) is 11.8 Å². The first kappa shape index (κ1) is 13.6. The van der Waals surface area contributed by atoms with E-state index in [1.54, 1.807) is 24.6 Å². The van der Waals surface area contributed by atoms with Crippen molar-refractivity contribution in [3.8, 4) is 0 Å². The number of piperidine rings is 1. The zero-order valence-electron chi connectivity index (χ0n) is 12.2. The van der Waals surface area contributed by atoms with Crippen molar-refractivity contribution >= 4 is 23.5 Å². The summed E-state index contributed by atoms with van der Waals surface area (Å²) >= 11 is 1.54. The number of carbonyl (C=O) groups excluding carboxylic acids is 1. The minimum absolute atomic E-state index is 0.00149. The van der Waals surface area contributed by atoms with E-state index in [0.29, 0.717) is 5.76 Å². The number of hydrogen-bond acceptors (Lipinski definition) is 6. The van der Waals surface area contributed by atoms with Crippen LogP contribution >= 0.6 is 11.8 Å². The molecule has 0 N–H and O–H groups in total. The predicted octanol–water partition coefficient (Wildman–Crippen LogP) is 1.89. The molecule has 2 aromatic rings. The first-order valence-corrected chi connectivity index (χ1v) is 8.47. The zero-order chi connectivity index (χ0) is 15.1. The van der Waals surface area contributed by atoms with Gasteiger partial charge >= 0.3 is 0 Å². The fourth-order valence-electron chi connectivity index (χ4n) is 3.26. The number of fused-ring (bicyclic) bond motifs is 2. The molecule has 6 nitrogen and oxygen atoms in total. The highest BCUT2D eigenvalue weighted by Gasteiger charge is 2.48. The average molecular weight is 316 g/mol. The van der Waals surface area contributed by atoms with Gasteiger partial charge in [-0.2, -0.15) is 0 Å². The average Bonchev–Trinajstić information content (AvgIpc) is 3.09. The van der Waals surface area contributed by atoms with Gasteiger partial charge < -0.3 is 14.2 Å². The summed E-state index contributed by atoms with van der Waals surface area (Å²) in [7, 11) is 0. The number of piperazine rings is 1. The van der Waals surface area contributed by atoms with Gasteiger partial charge in [-0.05, 0) is 30.9 Å². The van der Waals surface area contributed by atoms with E-state index in [1.165, 1.54) is 11.8 Å². The number of furan rings is 1. The van der Waals surface area contributed by atoms with Gasteiger partial charge in [-0.15, -0.1) is 0 Å². The minimum Gasteiger partial charge on any atom is -0.459 e. The largest absolute Gasteiger partial charge is 0.459 e. The van der Waals surface area contributed by atoms with E-state index in [9.17, 15) is 4.79 Å². The number of rotatable bonds is 3. The van der Waals surface area contributed by atoms with Crippen molar-refractivity contribution in [2.24, 2.45) is 0 Å². The van der Waals surface area contributed by atoms with E-state index in [4.69, 9.17) is 4.42 Å². The first-order valence-electron chi connectivity index (χ1n) is 7.24. The van der Waals surface area contributed by atoms with Gasteiger partial charge in [0.2, 0.25) is 0 Å². The molecule has 1 amide bonds. The summed E-state index contributed by atoms with van der Waals surface area (Å²) in [6.45, 7) is 1.63. The van der Waals surface area contributed by atoms with Crippen molar-refractivity contribution in [2.75, 3.05) is 24.2 Å². The second-order valence-corrected chi connectivity index (χ2v) is 6.31. The molecule has 0 radical (unpaired) electrons. The second-order valence-electron chi connectivity index (χ2n) is 5.54. The Labute approximate surface area is 132 Å². The zero-order valence-corrected chi connectivity index (χ0v) is 13.0. The van der Waals surface area contributed by atoms with Crippen molar-refractivity contribution in [2.45, 2.75) is 23.7 Å². The molecule has 5 heterocycles. The number of nitrogens with zero attached hydrogens (tertiary/aromatic N) is 4.